The second-order valence-corrected chi connectivity index (χ2v) is 5.56. The number of fused-ring (bicyclic) bond motifs is 1. The fourth-order valence-corrected chi connectivity index (χ4v) is 2.76. The van der Waals surface area contributed by atoms with Gasteiger partial charge in [-0.15, -0.1) is 10.2 Å². The molecule has 2 heterocycles. The number of carbonyl (C=O) groups is 1. The number of aromatic nitrogens is 3. The van der Waals surface area contributed by atoms with Crippen LogP contribution in [0.3, 0.4) is 0 Å². The highest BCUT2D eigenvalue weighted by atomic mass is 16.5. The predicted octanol–water partition coefficient (Wildman–Crippen LogP) is 3.43. The summed E-state index contributed by atoms with van der Waals surface area (Å²) in [6.07, 6.45) is 1.27. The van der Waals surface area contributed by atoms with Crippen molar-refractivity contribution < 1.29 is 13.9 Å². The number of rotatable bonds is 5. The van der Waals surface area contributed by atoms with E-state index in [9.17, 15) is 4.79 Å². The minimum atomic E-state index is -0.328. The molecule has 0 aliphatic carbocycles. The number of para-hydroxylation sites is 1. The van der Waals surface area contributed by atoms with Gasteiger partial charge in [0.05, 0.1) is 0 Å². The van der Waals surface area contributed by atoms with E-state index in [1.807, 2.05) is 65.2 Å². The van der Waals surface area contributed by atoms with Gasteiger partial charge in [-0.1, -0.05) is 48.5 Å². The lowest BCUT2D eigenvalue weighted by atomic mass is 10.2. The lowest BCUT2D eigenvalue weighted by molar-refractivity contribution is -0.145. The first-order chi connectivity index (χ1) is 12.3. The lowest BCUT2D eigenvalue weighted by Gasteiger charge is -2.09. The van der Waals surface area contributed by atoms with Crippen LogP contribution >= 0.6 is 0 Å². The highest BCUT2D eigenvalue weighted by Crippen LogP contribution is 2.27. The molecule has 2 aromatic heterocycles. The first-order valence-electron chi connectivity index (χ1n) is 7.85. The molecular formula is C19H15N3O3. The largest absolute Gasteiger partial charge is 0.459 e. The van der Waals surface area contributed by atoms with Gasteiger partial charge < -0.3 is 13.7 Å². The van der Waals surface area contributed by atoms with Crippen LogP contribution in [0.25, 0.3) is 22.5 Å². The molecule has 0 saturated heterocycles. The van der Waals surface area contributed by atoms with E-state index in [1.165, 1.54) is 6.39 Å². The minimum absolute atomic E-state index is 0.0675. The Bertz CT molecular complexity index is 991. The standard InChI is InChI=1S/C19H15N3O3/c23-18(24-12-14-6-2-1-3-7-14)11-22-16-9-5-4-8-15(16)10-17(22)19-21-20-13-25-19/h1-10,13H,11-12H2. The van der Waals surface area contributed by atoms with Gasteiger partial charge in [0, 0.05) is 10.9 Å². The van der Waals surface area contributed by atoms with Crippen molar-refractivity contribution in [3.63, 3.8) is 0 Å². The average Bonchev–Trinajstić information content (AvgIpc) is 3.29. The maximum atomic E-state index is 12.3. The number of hydrogen-bond donors (Lipinski definition) is 0. The Morgan fingerprint density at radius 3 is 2.68 bits per heavy atom. The normalized spacial score (nSPS) is 10.9. The fraction of sp³-hybridized carbons (Fsp3) is 0.105. The number of ether oxygens (including phenoxy) is 1. The molecule has 0 spiro atoms. The average molecular weight is 333 g/mol. The van der Waals surface area contributed by atoms with Crippen molar-refractivity contribution in [1.29, 1.82) is 0 Å². The first-order valence-corrected chi connectivity index (χ1v) is 7.85. The van der Waals surface area contributed by atoms with E-state index in [1.54, 1.807) is 0 Å². The number of hydrogen-bond acceptors (Lipinski definition) is 5. The Labute approximate surface area is 143 Å². The van der Waals surface area contributed by atoms with Crippen molar-refractivity contribution >= 4 is 16.9 Å². The van der Waals surface area contributed by atoms with Crippen molar-refractivity contribution in [3.05, 3.63) is 72.6 Å². The molecule has 0 unspecified atom stereocenters. The highest BCUT2D eigenvalue weighted by molar-refractivity contribution is 5.87. The fourth-order valence-electron chi connectivity index (χ4n) is 2.76. The zero-order valence-corrected chi connectivity index (χ0v) is 13.3. The van der Waals surface area contributed by atoms with Crippen LogP contribution in [-0.2, 0) is 22.7 Å². The van der Waals surface area contributed by atoms with Crippen molar-refractivity contribution in [1.82, 2.24) is 14.8 Å². The Balaban J connectivity index is 1.60. The van der Waals surface area contributed by atoms with Crippen molar-refractivity contribution in [2.45, 2.75) is 13.2 Å². The van der Waals surface area contributed by atoms with Gasteiger partial charge in [0.15, 0.2) is 0 Å². The van der Waals surface area contributed by atoms with Gasteiger partial charge in [0.25, 0.3) is 5.89 Å². The van der Waals surface area contributed by atoms with Crippen molar-refractivity contribution in [2.24, 2.45) is 0 Å². The third kappa shape index (κ3) is 3.14. The third-order valence-electron chi connectivity index (χ3n) is 3.92. The second kappa shape index (κ2) is 6.60. The van der Waals surface area contributed by atoms with Crippen LogP contribution in [0.2, 0.25) is 0 Å². The van der Waals surface area contributed by atoms with E-state index in [0.29, 0.717) is 11.6 Å². The zero-order chi connectivity index (χ0) is 17.1. The first kappa shape index (κ1) is 15.1. The maximum Gasteiger partial charge on any atom is 0.326 e. The van der Waals surface area contributed by atoms with Crippen LogP contribution in [-0.4, -0.2) is 20.7 Å². The summed E-state index contributed by atoms with van der Waals surface area (Å²) in [7, 11) is 0. The monoisotopic (exact) mass is 333 g/mol. The van der Waals surface area contributed by atoms with Gasteiger partial charge in [-0.2, -0.15) is 0 Å². The van der Waals surface area contributed by atoms with E-state index < -0.39 is 0 Å². The molecule has 0 N–H and O–H groups in total. The second-order valence-electron chi connectivity index (χ2n) is 5.56. The summed E-state index contributed by atoms with van der Waals surface area (Å²) in [5, 5.41) is 8.66. The molecule has 2 aromatic carbocycles. The topological polar surface area (TPSA) is 70.2 Å². The molecule has 6 nitrogen and oxygen atoms in total. The maximum absolute atomic E-state index is 12.3. The molecule has 25 heavy (non-hydrogen) atoms. The van der Waals surface area contributed by atoms with Crippen LogP contribution < -0.4 is 0 Å². The molecule has 0 bridgehead atoms. The van der Waals surface area contributed by atoms with E-state index in [2.05, 4.69) is 10.2 Å². The molecule has 4 aromatic rings. The van der Waals surface area contributed by atoms with Crippen molar-refractivity contribution in [3.8, 4) is 11.6 Å². The smallest absolute Gasteiger partial charge is 0.326 e. The number of benzene rings is 2. The summed E-state index contributed by atoms with van der Waals surface area (Å²) in [6.45, 7) is 0.312. The van der Waals surface area contributed by atoms with Gasteiger partial charge >= 0.3 is 5.97 Å². The molecule has 0 aliphatic rings. The Kier molecular flexibility index (Phi) is 4.00. The van der Waals surface area contributed by atoms with Crippen LogP contribution in [0.5, 0.6) is 0 Å². The molecule has 0 amide bonds. The molecule has 124 valence electrons. The highest BCUT2D eigenvalue weighted by Gasteiger charge is 2.17. The quantitative estimate of drug-likeness (QED) is 0.523. The van der Waals surface area contributed by atoms with Gasteiger partial charge in [0.2, 0.25) is 6.39 Å². The van der Waals surface area contributed by atoms with Crippen LogP contribution in [0.4, 0.5) is 0 Å². The molecule has 0 fully saturated rings. The lowest BCUT2D eigenvalue weighted by Crippen LogP contribution is -2.14. The summed E-state index contributed by atoms with van der Waals surface area (Å²) in [4.78, 5) is 12.3. The van der Waals surface area contributed by atoms with Gasteiger partial charge in [-0.05, 0) is 17.7 Å². The summed E-state index contributed by atoms with van der Waals surface area (Å²) in [6, 6.07) is 19.3. The molecule has 0 radical (unpaired) electrons. The molecular weight excluding hydrogens is 318 g/mol. The van der Waals surface area contributed by atoms with E-state index >= 15 is 0 Å². The minimum Gasteiger partial charge on any atom is -0.459 e. The van der Waals surface area contributed by atoms with Crippen LogP contribution in [0.15, 0.2) is 71.5 Å². The molecule has 6 heteroatoms. The summed E-state index contributed by atoms with van der Waals surface area (Å²) < 4.78 is 12.5. The summed E-state index contributed by atoms with van der Waals surface area (Å²) in [5.74, 6) is 0.0398. The van der Waals surface area contributed by atoms with Crippen molar-refractivity contribution in [2.75, 3.05) is 0 Å². The van der Waals surface area contributed by atoms with Crippen LogP contribution in [0.1, 0.15) is 5.56 Å². The summed E-state index contributed by atoms with van der Waals surface area (Å²) in [5.41, 5.74) is 2.55. The molecule has 0 atom stereocenters. The SMILES string of the molecule is O=C(Cn1c(-c2nnco2)cc2ccccc21)OCc1ccccc1. The Morgan fingerprint density at radius 1 is 1.08 bits per heavy atom. The van der Waals surface area contributed by atoms with Gasteiger partial charge in [-0.25, -0.2) is 0 Å². The Morgan fingerprint density at radius 2 is 1.88 bits per heavy atom. The molecule has 4 rings (SSSR count). The number of carbonyl (C=O) groups excluding carboxylic acids is 1. The molecule has 0 saturated carbocycles. The number of nitrogens with zero attached hydrogens (tertiary/aromatic N) is 3. The Hall–Kier alpha value is -3.41. The van der Waals surface area contributed by atoms with E-state index in [4.69, 9.17) is 9.15 Å². The summed E-state index contributed by atoms with van der Waals surface area (Å²) >= 11 is 0. The number of esters is 1. The van der Waals surface area contributed by atoms with Crippen LogP contribution in [0, 0.1) is 0 Å². The zero-order valence-electron chi connectivity index (χ0n) is 13.3. The van der Waals surface area contributed by atoms with Gasteiger partial charge in [0.1, 0.15) is 18.8 Å². The molecule has 0 aliphatic heterocycles. The van der Waals surface area contributed by atoms with Gasteiger partial charge in [-0.3, -0.25) is 4.79 Å². The van der Waals surface area contributed by atoms with E-state index in [0.717, 1.165) is 16.5 Å². The third-order valence-corrected chi connectivity index (χ3v) is 3.92. The predicted molar refractivity (Wildman–Crippen MR) is 91.5 cm³/mol. The van der Waals surface area contributed by atoms with E-state index in [-0.39, 0.29) is 19.1 Å².